The Kier molecular flexibility index (Phi) is 5.67. The zero-order valence-corrected chi connectivity index (χ0v) is 11.8. The highest BCUT2D eigenvalue weighted by atomic mass is 16.5. The molecular weight excluding hydrogens is 234 g/mol. The third-order valence-corrected chi connectivity index (χ3v) is 3.51. The van der Waals surface area contributed by atoms with Crippen LogP contribution in [0.4, 0.5) is 0 Å². The van der Waals surface area contributed by atoms with Crippen molar-refractivity contribution in [3.8, 4) is 11.3 Å². The number of rotatable bonds is 8. The minimum atomic E-state index is 0.908. The fourth-order valence-electron chi connectivity index (χ4n) is 2.31. The Balaban J connectivity index is 1.73. The molecule has 0 atom stereocenters. The normalized spacial score (nSPS) is 10.8. The van der Waals surface area contributed by atoms with Gasteiger partial charge in [-0.3, -0.25) is 0 Å². The van der Waals surface area contributed by atoms with Crippen LogP contribution in [-0.4, -0.2) is 5.16 Å². The zero-order chi connectivity index (χ0) is 13.3. The summed E-state index contributed by atoms with van der Waals surface area (Å²) in [5.74, 6) is 0. The Labute approximate surface area is 115 Å². The smallest absolute Gasteiger partial charge is 0.124 e. The van der Waals surface area contributed by atoms with Crippen LogP contribution in [0.1, 0.15) is 51.0 Å². The Hall–Kier alpha value is -1.57. The van der Waals surface area contributed by atoms with Crippen LogP contribution in [0.5, 0.6) is 0 Å². The second-order valence-electron chi connectivity index (χ2n) is 5.10. The molecule has 0 spiro atoms. The number of hydrogen-bond acceptors (Lipinski definition) is 2. The van der Waals surface area contributed by atoms with Gasteiger partial charge in [0.1, 0.15) is 12.0 Å². The van der Waals surface area contributed by atoms with Crippen molar-refractivity contribution >= 4 is 0 Å². The van der Waals surface area contributed by atoms with Gasteiger partial charge in [0.05, 0.1) is 0 Å². The average Bonchev–Trinajstić information content (AvgIpc) is 2.97. The minimum absolute atomic E-state index is 0.908. The highest BCUT2D eigenvalue weighted by Gasteiger charge is 2.01. The SMILES string of the molecule is CCCCCCCCc1ccc(-c2ccon2)cc1. The predicted molar refractivity (Wildman–Crippen MR) is 79.0 cm³/mol. The molecule has 0 unspecified atom stereocenters. The van der Waals surface area contributed by atoms with Gasteiger partial charge in [-0.15, -0.1) is 0 Å². The maximum atomic E-state index is 4.86. The molecule has 2 nitrogen and oxygen atoms in total. The molecular formula is C17H23NO. The van der Waals surface area contributed by atoms with Crippen LogP contribution >= 0.6 is 0 Å². The molecule has 2 heteroatoms. The summed E-state index contributed by atoms with van der Waals surface area (Å²) in [6.45, 7) is 2.26. The molecule has 1 aromatic heterocycles. The first-order valence-corrected chi connectivity index (χ1v) is 7.40. The second-order valence-corrected chi connectivity index (χ2v) is 5.10. The first kappa shape index (κ1) is 13.9. The summed E-state index contributed by atoms with van der Waals surface area (Å²) >= 11 is 0. The van der Waals surface area contributed by atoms with Gasteiger partial charge in [-0.05, 0) is 18.4 Å². The Bertz CT molecular complexity index is 445. The van der Waals surface area contributed by atoms with Crippen molar-refractivity contribution < 1.29 is 4.52 Å². The largest absolute Gasteiger partial charge is 0.364 e. The van der Waals surface area contributed by atoms with Crippen molar-refractivity contribution in [1.82, 2.24) is 5.16 Å². The van der Waals surface area contributed by atoms with Crippen LogP contribution in [0.25, 0.3) is 11.3 Å². The van der Waals surface area contributed by atoms with Gasteiger partial charge in [-0.2, -0.15) is 0 Å². The zero-order valence-electron chi connectivity index (χ0n) is 11.8. The Morgan fingerprint density at radius 3 is 2.32 bits per heavy atom. The maximum Gasteiger partial charge on any atom is 0.124 e. The molecule has 0 aliphatic carbocycles. The van der Waals surface area contributed by atoms with E-state index in [4.69, 9.17) is 4.52 Å². The molecule has 0 saturated carbocycles. The van der Waals surface area contributed by atoms with Crippen LogP contribution in [0, 0.1) is 0 Å². The number of aryl methyl sites for hydroxylation is 1. The topological polar surface area (TPSA) is 26.0 Å². The molecule has 2 aromatic rings. The van der Waals surface area contributed by atoms with E-state index in [1.54, 1.807) is 6.26 Å². The van der Waals surface area contributed by atoms with E-state index < -0.39 is 0 Å². The molecule has 0 bridgehead atoms. The number of benzene rings is 1. The molecule has 0 radical (unpaired) electrons. The van der Waals surface area contributed by atoms with E-state index in [9.17, 15) is 0 Å². The first-order valence-electron chi connectivity index (χ1n) is 7.40. The van der Waals surface area contributed by atoms with Gasteiger partial charge >= 0.3 is 0 Å². The Morgan fingerprint density at radius 1 is 0.895 bits per heavy atom. The molecule has 0 aliphatic rings. The predicted octanol–water partition coefficient (Wildman–Crippen LogP) is 5.24. The number of aromatic nitrogens is 1. The highest BCUT2D eigenvalue weighted by Crippen LogP contribution is 2.18. The fraction of sp³-hybridized carbons (Fsp3) is 0.471. The van der Waals surface area contributed by atoms with Crippen LogP contribution in [0.15, 0.2) is 41.1 Å². The third-order valence-electron chi connectivity index (χ3n) is 3.51. The van der Waals surface area contributed by atoms with E-state index >= 15 is 0 Å². The van der Waals surface area contributed by atoms with Crippen LogP contribution in [0.3, 0.4) is 0 Å². The Morgan fingerprint density at radius 2 is 1.63 bits per heavy atom. The quantitative estimate of drug-likeness (QED) is 0.604. The van der Waals surface area contributed by atoms with Crippen LogP contribution in [0.2, 0.25) is 0 Å². The van der Waals surface area contributed by atoms with E-state index in [-0.39, 0.29) is 0 Å². The summed E-state index contributed by atoms with van der Waals surface area (Å²) in [4.78, 5) is 0. The van der Waals surface area contributed by atoms with Gasteiger partial charge in [-0.25, -0.2) is 0 Å². The van der Waals surface area contributed by atoms with E-state index in [0.717, 1.165) is 11.3 Å². The fourth-order valence-corrected chi connectivity index (χ4v) is 2.31. The third kappa shape index (κ3) is 4.55. The molecule has 0 aliphatic heterocycles. The lowest BCUT2D eigenvalue weighted by atomic mass is 10.0. The summed E-state index contributed by atoms with van der Waals surface area (Å²) in [6.07, 6.45) is 10.9. The summed E-state index contributed by atoms with van der Waals surface area (Å²) < 4.78 is 4.86. The van der Waals surface area contributed by atoms with Crippen molar-refractivity contribution in [2.45, 2.75) is 51.9 Å². The molecule has 0 amide bonds. The van der Waals surface area contributed by atoms with Gasteiger partial charge in [0.15, 0.2) is 0 Å². The number of hydrogen-bond donors (Lipinski definition) is 0. The van der Waals surface area contributed by atoms with Crippen molar-refractivity contribution in [3.05, 3.63) is 42.2 Å². The standard InChI is InChI=1S/C17H23NO/c1-2-3-4-5-6-7-8-15-9-11-16(12-10-15)17-13-14-19-18-17/h9-14H,2-8H2,1H3. The van der Waals surface area contributed by atoms with Crippen molar-refractivity contribution in [3.63, 3.8) is 0 Å². The summed E-state index contributed by atoms with van der Waals surface area (Å²) in [7, 11) is 0. The lowest BCUT2D eigenvalue weighted by Crippen LogP contribution is -1.87. The monoisotopic (exact) mass is 257 g/mol. The number of nitrogens with zero attached hydrogens (tertiary/aromatic N) is 1. The summed E-state index contributed by atoms with van der Waals surface area (Å²) in [5.41, 5.74) is 3.45. The highest BCUT2D eigenvalue weighted by molar-refractivity contribution is 5.58. The van der Waals surface area contributed by atoms with Crippen LogP contribution < -0.4 is 0 Å². The van der Waals surface area contributed by atoms with Crippen LogP contribution in [-0.2, 0) is 6.42 Å². The second kappa shape index (κ2) is 7.78. The lowest BCUT2D eigenvalue weighted by Gasteiger charge is -2.03. The molecule has 102 valence electrons. The van der Waals surface area contributed by atoms with Gasteiger partial charge < -0.3 is 4.52 Å². The maximum absolute atomic E-state index is 4.86. The molecule has 1 aromatic carbocycles. The van der Waals surface area contributed by atoms with E-state index in [1.165, 1.54) is 50.5 Å². The minimum Gasteiger partial charge on any atom is -0.364 e. The van der Waals surface area contributed by atoms with Crippen molar-refractivity contribution in [2.24, 2.45) is 0 Å². The van der Waals surface area contributed by atoms with Gasteiger partial charge in [0, 0.05) is 11.6 Å². The molecule has 19 heavy (non-hydrogen) atoms. The lowest BCUT2D eigenvalue weighted by molar-refractivity contribution is 0.422. The molecule has 1 heterocycles. The van der Waals surface area contributed by atoms with Gasteiger partial charge in [-0.1, -0.05) is 68.4 Å². The number of unbranched alkanes of at least 4 members (excludes halogenated alkanes) is 5. The average molecular weight is 257 g/mol. The van der Waals surface area contributed by atoms with Gasteiger partial charge in [0.25, 0.3) is 0 Å². The summed E-state index contributed by atoms with van der Waals surface area (Å²) in [5, 5.41) is 3.95. The van der Waals surface area contributed by atoms with Crippen molar-refractivity contribution in [1.29, 1.82) is 0 Å². The molecule has 0 fully saturated rings. The van der Waals surface area contributed by atoms with Crippen molar-refractivity contribution in [2.75, 3.05) is 0 Å². The van der Waals surface area contributed by atoms with E-state index in [1.807, 2.05) is 6.07 Å². The molecule has 0 N–H and O–H groups in total. The molecule has 0 saturated heterocycles. The first-order chi connectivity index (χ1) is 9.40. The van der Waals surface area contributed by atoms with E-state index in [2.05, 4.69) is 36.3 Å². The van der Waals surface area contributed by atoms with E-state index in [0.29, 0.717) is 0 Å². The summed E-state index contributed by atoms with van der Waals surface area (Å²) in [6, 6.07) is 10.6. The molecule has 2 rings (SSSR count). The van der Waals surface area contributed by atoms with Gasteiger partial charge in [0.2, 0.25) is 0 Å².